The summed E-state index contributed by atoms with van der Waals surface area (Å²) in [5.41, 5.74) is 0. The molecule has 5 nitrogen and oxygen atoms in total. The largest absolute Gasteiger partial charge is 0.392 e. The van der Waals surface area contributed by atoms with Crippen molar-refractivity contribution < 1.29 is 14.9 Å². The Morgan fingerprint density at radius 2 is 1.63 bits per heavy atom. The van der Waals surface area contributed by atoms with Crippen LogP contribution in [0.5, 0.6) is 0 Å². The van der Waals surface area contributed by atoms with Crippen LogP contribution in [0.1, 0.15) is 26.7 Å². The maximum Gasteiger partial charge on any atom is 0.0639 e. The fourth-order valence-corrected chi connectivity index (χ4v) is 2.50. The average Bonchev–Trinajstić information content (AvgIpc) is 2.79. The smallest absolute Gasteiger partial charge is 0.0639 e. The molecule has 0 amide bonds. The molecular weight excluding hydrogens is 244 g/mol. The Balaban J connectivity index is 2.05. The van der Waals surface area contributed by atoms with Crippen LogP contribution >= 0.6 is 0 Å². The zero-order chi connectivity index (χ0) is 14.1. The van der Waals surface area contributed by atoms with E-state index in [1.807, 2.05) is 4.90 Å². The fraction of sp³-hybridized carbons (Fsp3) is 1.00. The van der Waals surface area contributed by atoms with Gasteiger partial charge in [0, 0.05) is 26.2 Å². The molecule has 0 radical (unpaired) electrons. The summed E-state index contributed by atoms with van der Waals surface area (Å²) in [7, 11) is 0. The second-order valence-corrected chi connectivity index (χ2v) is 5.62. The molecule has 1 aliphatic heterocycles. The van der Waals surface area contributed by atoms with Crippen LogP contribution in [0.15, 0.2) is 0 Å². The standard InChI is InChI=1S/C14H30N2O3/c1-13(17)11-16(12-14(2)18)8-10-19-9-7-15-5-3-4-6-15/h13-14,17-18H,3-12H2,1-2H3. The minimum atomic E-state index is -0.372. The molecule has 0 aromatic heterocycles. The third kappa shape index (κ3) is 8.55. The van der Waals surface area contributed by atoms with Crippen LogP contribution in [0.3, 0.4) is 0 Å². The Bertz CT molecular complexity index is 209. The molecule has 1 heterocycles. The molecule has 2 unspecified atom stereocenters. The van der Waals surface area contributed by atoms with E-state index >= 15 is 0 Å². The summed E-state index contributed by atoms with van der Waals surface area (Å²) in [6.07, 6.45) is 1.89. The number of hydrogen-bond donors (Lipinski definition) is 2. The van der Waals surface area contributed by atoms with Crippen molar-refractivity contribution in [3.8, 4) is 0 Å². The van der Waals surface area contributed by atoms with Crippen LogP contribution < -0.4 is 0 Å². The van der Waals surface area contributed by atoms with Gasteiger partial charge in [0.25, 0.3) is 0 Å². The zero-order valence-corrected chi connectivity index (χ0v) is 12.4. The molecule has 0 bridgehead atoms. The topological polar surface area (TPSA) is 56.2 Å². The van der Waals surface area contributed by atoms with E-state index in [1.54, 1.807) is 13.8 Å². The van der Waals surface area contributed by atoms with E-state index in [-0.39, 0.29) is 12.2 Å². The number of aliphatic hydroxyl groups is 2. The van der Waals surface area contributed by atoms with Gasteiger partial charge in [-0.25, -0.2) is 0 Å². The molecule has 1 aliphatic rings. The van der Waals surface area contributed by atoms with E-state index in [0.29, 0.717) is 19.7 Å². The van der Waals surface area contributed by atoms with Gasteiger partial charge in [-0.05, 0) is 39.8 Å². The molecule has 1 saturated heterocycles. The van der Waals surface area contributed by atoms with Gasteiger partial charge in [-0.2, -0.15) is 0 Å². The van der Waals surface area contributed by atoms with Gasteiger partial charge in [-0.3, -0.25) is 4.90 Å². The van der Waals surface area contributed by atoms with Gasteiger partial charge in [0.15, 0.2) is 0 Å². The average molecular weight is 274 g/mol. The monoisotopic (exact) mass is 274 g/mol. The lowest BCUT2D eigenvalue weighted by Crippen LogP contribution is -2.38. The van der Waals surface area contributed by atoms with E-state index in [9.17, 15) is 10.2 Å². The van der Waals surface area contributed by atoms with Crippen molar-refractivity contribution in [3.63, 3.8) is 0 Å². The summed E-state index contributed by atoms with van der Waals surface area (Å²) in [5.74, 6) is 0. The molecule has 114 valence electrons. The van der Waals surface area contributed by atoms with Gasteiger partial charge >= 0.3 is 0 Å². The predicted molar refractivity (Wildman–Crippen MR) is 76.3 cm³/mol. The number of nitrogens with zero attached hydrogens (tertiary/aromatic N) is 2. The van der Waals surface area contributed by atoms with Crippen molar-refractivity contribution in [1.82, 2.24) is 9.80 Å². The minimum absolute atomic E-state index is 0.372. The lowest BCUT2D eigenvalue weighted by molar-refractivity contribution is 0.0482. The van der Waals surface area contributed by atoms with Crippen molar-refractivity contribution in [1.29, 1.82) is 0 Å². The van der Waals surface area contributed by atoms with E-state index in [0.717, 1.165) is 19.7 Å². The first-order valence-corrected chi connectivity index (χ1v) is 7.46. The van der Waals surface area contributed by atoms with Crippen molar-refractivity contribution >= 4 is 0 Å². The van der Waals surface area contributed by atoms with Gasteiger partial charge < -0.3 is 19.8 Å². The SMILES string of the molecule is CC(O)CN(CCOCCN1CCCC1)CC(C)O. The molecule has 0 aliphatic carbocycles. The Labute approximate surface area is 117 Å². The summed E-state index contributed by atoms with van der Waals surface area (Å²) >= 11 is 0. The summed E-state index contributed by atoms with van der Waals surface area (Å²) < 4.78 is 5.64. The molecule has 5 heteroatoms. The van der Waals surface area contributed by atoms with Gasteiger partial charge in [-0.15, -0.1) is 0 Å². The Kier molecular flexibility index (Phi) is 8.57. The van der Waals surface area contributed by atoms with Crippen LogP contribution in [-0.2, 0) is 4.74 Å². The summed E-state index contributed by atoms with van der Waals surface area (Å²) in [6.45, 7) is 10.3. The lowest BCUT2D eigenvalue weighted by Gasteiger charge is -2.25. The van der Waals surface area contributed by atoms with Gasteiger partial charge in [0.1, 0.15) is 0 Å². The predicted octanol–water partition coefficient (Wildman–Crippen LogP) is 0.162. The number of hydrogen-bond acceptors (Lipinski definition) is 5. The van der Waals surface area contributed by atoms with E-state index in [1.165, 1.54) is 25.9 Å². The Hall–Kier alpha value is -0.200. The lowest BCUT2D eigenvalue weighted by atomic mass is 10.3. The van der Waals surface area contributed by atoms with Crippen molar-refractivity contribution in [2.24, 2.45) is 0 Å². The van der Waals surface area contributed by atoms with Crippen LogP contribution in [0.2, 0.25) is 0 Å². The van der Waals surface area contributed by atoms with Crippen molar-refractivity contribution in [2.75, 3.05) is 52.5 Å². The van der Waals surface area contributed by atoms with Gasteiger partial charge in [0.05, 0.1) is 25.4 Å². The van der Waals surface area contributed by atoms with Gasteiger partial charge in [-0.1, -0.05) is 0 Å². The van der Waals surface area contributed by atoms with E-state index in [4.69, 9.17) is 4.74 Å². The molecule has 19 heavy (non-hydrogen) atoms. The number of aliphatic hydroxyl groups excluding tert-OH is 2. The third-order valence-electron chi connectivity index (χ3n) is 3.35. The highest BCUT2D eigenvalue weighted by atomic mass is 16.5. The summed E-state index contributed by atoms with van der Waals surface area (Å²) in [6, 6.07) is 0. The first-order valence-electron chi connectivity index (χ1n) is 7.46. The number of rotatable bonds is 10. The second kappa shape index (κ2) is 9.66. The van der Waals surface area contributed by atoms with E-state index in [2.05, 4.69) is 4.90 Å². The molecule has 0 saturated carbocycles. The maximum atomic E-state index is 9.41. The Morgan fingerprint density at radius 1 is 1.05 bits per heavy atom. The maximum absolute atomic E-state index is 9.41. The first kappa shape index (κ1) is 16.9. The van der Waals surface area contributed by atoms with Crippen LogP contribution in [0, 0.1) is 0 Å². The third-order valence-corrected chi connectivity index (χ3v) is 3.35. The number of likely N-dealkylation sites (tertiary alicyclic amines) is 1. The van der Waals surface area contributed by atoms with Crippen LogP contribution in [0.4, 0.5) is 0 Å². The minimum Gasteiger partial charge on any atom is -0.392 e. The molecule has 0 aromatic rings. The highest BCUT2D eigenvalue weighted by molar-refractivity contribution is 4.66. The molecule has 0 aromatic carbocycles. The first-order chi connectivity index (χ1) is 9.08. The highest BCUT2D eigenvalue weighted by Gasteiger charge is 2.12. The molecule has 1 rings (SSSR count). The molecule has 1 fully saturated rings. The van der Waals surface area contributed by atoms with Crippen LogP contribution in [-0.4, -0.2) is 84.7 Å². The molecular formula is C14H30N2O3. The summed E-state index contributed by atoms with van der Waals surface area (Å²) in [4.78, 5) is 4.48. The normalized spacial score (nSPS) is 20.1. The van der Waals surface area contributed by atoms with Crippen LogP contribution in [0.25, 0.3) is 0 Å². The van der Waals surface area contributed by atoms with E-state index < -0.39 is 0 Å². The van der Waals surface area contributed by atoms with Gasteiger partial charge in [0.2, 0.25) is 0 Å². The highest BCUT2D eigenvalue weighted by Crippen LogP contribution is 2.06. The van der Waals surface area contributed by atoms with Crippen molar-refractivity contribution in [3.05, 3.63) is 0 Å². The summed E-state index contributed by atoms with van der Waals surface area (Å²) in [5, 5.41) is 18.8. The number of ether oxygens (including phenoxy) is 1. The second-order valence-electron chi connectivity index (χ2n) is 5.62. The Morgan fingerprint density at radius 3 is 2.16 bits per heavy atom. The quantitative estimate of drug-likeness (QED) is 0.556. The molecule has 2 atom stereocenters. The fourth-order valence-electron chi connectivity index (χ4n) is 2.50. The molecule has 0 spiro atoms. The molecule has 2 N–H and O–H groups in total. The zero-order valence-electron chi connectivity index (χ0n) is 12.4. The van der Waals surface area contributed by atoms with Crippen molar-refractivity contribution in [2.45, 2.75) is 38.9 Å².